The number of carbonyl (C=O) groups excluding carboxylic acids is 1. The molecule has 2 aromatic heterocycles. The molecule has 0 atom stereocenters. The summed E-state index contributed by atoms with van der Waals surface area (Å²) in [5, 5.41) is 3.46. The summed E-state index contributed by atoms with van der Waals surface area (Å²) >= 11 is 1.68. The van der Waals surface area contributed by atoms with Gasteiger partial charge in [-0.3, -0.25) is 4.79 Å². The Hall–Kier alpha value is -3.32. The van der Waals surface area contributed by atoms with Crippen LogP contribution in [0.15, 0.2) is 48.5 Å². The average Bonchev–Trinajstić information content (AvgIpc) is 3.18. The Morgan fingerprint density at radius 3 is 2.69 bits per heavy atom. The highest BCUT2D eigenvalue weighted by molar-refractivity contribution is 7.18. The van der Waals surface area contributed by atoms with Gasteiger partial charge in [0.25, 0.3) is 5.91 Å². The van der Waals surface area contributed by atoms with Crippen molar-refractivity contribution in [3.05, 3.63) is 70.4 Å². The first-order valence-electron chi connectivity index (χ1n) is 10.6. The van der Waals surface area contributed by atoms with Gasteiger partial charge in [-0.25, -0.2) is 9.37 Å². The number of rotatable bonds is 5. The molecule has 0 bridgehead atoms. The first kappa shape index (κ1) is 20.6. The van der Waals surface area contributed by atoms with Crippen LogP contribution in [-0.2, 0) is 17.6 Å². The van der Waals surface area contributed by atoms with Crippen LogP contribution >= 0.6 is 11.3 Å². The number of thiophene rings is 1. The molecule has 0 saturated heterocycles. The molecule has 5 nitrogen and oxygen atoms in total. The van der Waals surface area contributed by atoms with Crippen LogP contribution in [0, 0.1) is 12.7 Å². The number of para-hydroxylation sites is 1. The molecule has 1 N–H and O–H groups in total. The topological polar surface area (TPSA) is 64.1 Å². The summed E-state index contributed by atoms with van der Waals surface area (Å²) in [7, 11) is 0. The van der Waals surface area contributed by atoms with E-state index in [4.69, 9.17) is 14.7 Å². The van der Waals surface area contributed by atoms with Gasteiger partial charge >= 0.3 is 0 Å². The van der Waals surface area contributed by atoms with Gasteiger partial charge in [0.2, 0.25) is 5.88 Å². The summed E-state index contributed by atoms with van der Waals surface area (Å²) in [4.78, 5) is 24.2. The Labute approximate surface area is 189 Å². The van der Waals surface area contributed by atoms with Crippen molar-refractivity contribution in [3.63, 3.8) is 0 Å². The summed E-state index contributed by atoms with van der Waals surface area (Å²) in [5.41, 5.74) is 3.41. The van der Waals surface area contributed by atoms with E-state index in [1.807, 2.05) is 31.2 Å². The SMILES string of the molecule is Cc1ccc(-c2nc(OCC(=O)Nc3ccccc3F)c3c4c(sc3n2)CCCC4)cc1. The number of carbonyl (C=O) groups is 1. The molecule has 4 aromatic rings. The maximum absolute atomic E-state index is 13.9. The van der Waals surface area contributed by atoms with Gasteiger partial charge in [0.15, 0.2) is 12.4 Å². The lowest BCUT2D eigenvalue weighted by Crippen LogP contribution is -2.21. The van der Waals surface area contributed by atoms with Crippen molar-refractivity contribution in [2.24, 2.45) is 0 Å². The number of anilines is 1. The highest BCUT2D eigenvalue weighted by atomic mass is 32.1. The predicted octanol–water partition coefficient (Wildman–Crippen LogP) is 5.70. The van der Waals surface area contributed by atoms with Crippen LogP contribution in [0.3, 0.4) is 0 Å². The number of aryl methyl sites for hydroxylation is 3. The molecule has 162 valence electrons. The number of nitrogens with one attached hydrogen (secondary N) is 1. The summed E-state index contributed by atoms with van der Waals surface area (Å²) in [6.07, 6.45) is 4.27. The highest BCUT2D eigenvalue weighted by Gasteiger charge is 2.23. The van der Waals surface area contributed by atoms with Crippen LogP contribution in [0.1, 0.15) is 28.8 Å². The molecule has 32 heavy (non-hydrogen) atoms. The minimum Gasteiger partial charge on any atom is -0.467 e. The molecule has 1 aliphatic carbocycles. The number of amides is 1. The van der Waals surface area contributed by atoms with Crippen molar-refractivity contribution in [1.82, 2.24) is 9.97 Å². The zero-order valence-corrected chi connectivity index (χ0v) is 18.5. The highest BCUT2D eigenvalue weighted by Crippen LogP contribution is 2.40. The van der Waals surface area contributed by atoms with Crippen LogP contribution in [0.5, 0.6) is 5.88 Å². The van der Waals surface area contributed by atoms with Crippen LogP contribution < -0.4 is 10.1 Å². The van der Waals surface area contributed by atoms with Gasteiger partial charge in [-0.2, -0.15) is 4.98 Å². The lowest BCUT2D eigenvalue weighted by Gasteiger charge is -2.13. The molecule has 0 aliphatic heterocycles. The molecular formula is C25H22FN3O2S. The molecule has 0 saturated carbocycles. The lowest BCUT2D eigenvalue weighted by molar-refractivity contribution is -0.118. The molecule has 5 rings (SSSR count). The molecule has 0 radical (unpaired) electrons. The van der Waals surface area contributed by atoms with Gasteiger partial charge in [-0.1, -0.05) is 42.0 Å². The monoisotopic (exact) mass is 447 g/mol. The summed E-state index contributed by atoms with van der Waals surface area (Å²) in [5.74, 6) is 0.0518. The molecule has 0 spiro atoms. The van der Waals surface area contributed by atoms with Crippen molar-refractivity contribution in [2.75, 3.05) is 11.9 Å². The van der Waals surface area contributed by atoms with Gasteiger partial charge in [0.1, 0.15) is 10.6 Å². The van der Waals surface area contributed by atoms with E-state index >= 15 is 0 Å². The van der Waals surface area contributed by atoms with Crippen molar-refractivity contribution in [3.8, 4) is 17.3 Å². The first-order chi connectivity index (χ1) is 15.6. The standard InChI is InChI=1S/C25H22FN3O2S/c1-15-10-12-16(13-11-15)23-28-24(22-17-6-2-5-9-20(17)32-25(22)29-23)31-14-21(30)27-19-8-4-3-7-18(19)26/h3-4,7-8,10-13H,2,5-6,9,14H2,1H3,(H,27,30). The smallest absolute Gasteiger partial charge is 0.262 e. The molecule has 2 heterocycles. The lowest BCUT2D eigenvalue weighted by atomic mass is 9.97. The maximum atomic E-state index is 13.9. The van der Waals surface area contributed by atoms with E-state index in [-0.39, 0.29) is 12.3 Å². The number of fused-ring (bicyclic) bond motifs is 3. The van der Waals surface area contributed by atoms with Crippen LogP contribution in [0.2, 0.25) is 0 Å². The van der Waals surface area contributed by atoms with Gasteiger partial charge in [0.05, 0.1) is 11.1 Å². The zero-order valence-electron chi connectivity index (χ0n) is 17.7. The van der Waals surface area contributed by atoms with Crippen molar-refractivity contribution in [2.45, 2.75) is 32.6 Å². The fraction of sp³-hybridized carbons (Fsp3) is 0.240. The van der Waals surface area contributed by atoms with E-state index in [1.54, 1.807) is 23.5 Å². The molecule has 0 fully saturated rings. The third-order valence-corrected chi connectivity index (χ3v) is 6.76. The number of ether oxygens (including phenoxy) is 1. The van der Waals surface area contributed by atoms with E-state index in [2.05, 4.69) is 5.32 Å². The van der Waals surface area contributed by atoms with E-state index < -0.39 is 11.7 Å². The van der Waals surface area contributed by atoms with Crippen molar-refractivity contribution >= 4 is 33.1 Å². The zero-order chi connectivity index (χ0) is 22.1. The Morgan fingerprint density at radius 1 is 1.09 bits per heavy atom. The third kappa shape index (κ3) is 4.08. The fourth-order valence-corrected chi connectivity index (χ4v) is 5.19. The second-order valence-electron chi connectivity index (χ2n) is 7.93. The summed E-state index contributed by atoms with van der Waals surface area (Å²) in [6.45, 7) is 1.77. The number of halogens is 1. The number of nitrogens with zero attached hydrogens (tertiary/aromatic N) is 2. The van der Waals surface area contributed by atoms with Gasteiger partial charge in [-0.15, -0.1) is 11.3 Å². The van der Waals surface area contributed by atoms with E-state index in [0.29, 0.717) is 11.7 Å². The minimum absolute atomic E-state index is 0.127. The average molecular weight is 448 g/mol. The number of aromatic nitrogens is 2. The van der Waals surface area contributed by atoms with Crippen LogP contribution in [-0.4, -0.2) is 22.5 Å². The Morgan fingerprint density at radius 2 is 1.88 bits per heavy atom. The largest absolute Gasteiger partial charge is 0.467 e. The van der Waals surface area contributed by atoms with E-state index in [0.717, 1.165) is 40.6 Å². The summed E-state index contributed by atoms with van der Waals surface area (Å²) < 4.78 is 19.8. The molecule has 0 unspecified atom stereocenters. The molecule has 1 aliphatic rings. The van der Waals surface area contributed by atoms with Gasteiger partial charge in [0, 0.05) is 10.4 Å². The molecule has 1 amide bonds. The van der Waals surface area contributed by atoms with Crippen LogP contribution in [0.4, 0.5) is 10.1 Å². The van der Waals surface area contributed by atoms with Gasteiger partial charge < -0.3 is 10.1 Å². The molecular weight excluding hydrogens is 425 g/mol. The Kier molecular flexibility index (Phi) is 5.57. The predicted molar refractivity (Wildman–Crippen MR) is 125 cm³/mol. The van der Waals surface area contributed by atoms with Crippen molar-refractivity contribution < 1.29 is 13.9 Å². The molecule has 7 heteroatoms. The Bertz CT molecular complexity index is 1300. The first-order valence-corrected chi connectivity index (χ1v) is 11.5. The van der Waals surface area contributed by atoms with Crippen molar-refractivity contribution in [1.29, 1.82) is 0 Å². The fourth-order valence-electron chi connectivity index (χ4n) is 3.94. The number of hydrogen-bond donors (Lipinski definition) is 1. The number of benzene rings is 2. The molecule has 2 aromatic carbocycles. The maximum Gasteiger partial charge on any atom is 0.262 e. The summed E-state index contributed by atoms with van der Waals surface area (Å²) in [6, 6.07) is 14.1. The minimum atomic E-state index is -0.487. The van der Waals surface area contributed by atoms with E-state index in [9.17, 15) is 9.18 Å². The second-order valence-corrected chi connectivity index (χ2v) is 9.01. The Balaban J connectivity index is 1.48. The number of hydrogen-bond acceptors (Lipinski definition) is 5. The van der Waals surface area contributed by atoms with Crippen LogP contribution in [0.25, 0.3) is 21.6 Å². The quantitative estimate of drug-likeness (QED) is 0.426. The third-order valence-electron chi connectivity index (χ3n) is 5.58. The normalized spacial score (nSPS) is 13.1. The van der Waals surface area contributed by atoms with Gasteiger partial charge in [-0.05, 0) is 50.3 Å². The second kappa shape index (κ2) is 8.67. The van der Waals surface area contributed by atoms with E-state index in [1.165, 1.54) is 29.0 Å².